The summed E-state index contributed by atoms with van der Waals surface area (Å²) in [6, 6.07) is 9.14. The molecule has 16 heavy (non-hydrogen) atoms. The van der Waals surface area contributed by atoms with Crippen LogP contribution in [-0.4, -0.2) is 6.04 Å². The summed E-state index contributed by atoms with van der Waals surface area (Å²) in [5.74, 6) is 0.681. The smallest absolute Gasteiger partial charge is 0.0449 e. The van der Waals surface area contributed by atoms with Crippen molar-refractivity contribution in [1.82, 2.24) is 5.32 Å². The lowest BCUT2D eigenvalue weighted by molar-refractivity contribution is 0.363. The van der Waals surface area contributed by atoms with Gasteiger partial charge in [0.05, 0.1) is 0 Å². The molecule has 88 valence electrons. The van der Waals surface area contributed by atoms with E-state index in [9.17, 15) is 0 Å². The van der Waals surface area contributed by atoms with Gasteiger partial charge in [0.2, 0.25) is 0 Å². The second-order valence-corrected chi connectivity index (χ2v) is 6.09. The standard InChI is InChI=1S/C14H20BrN/c1-10(2)11(3)16-14(8-9-14)12-6-4-5-7-13(12)15/h4-7,10-11,16H,8-9H2,1-3H3. The molecule has 1 fully saturated rings. The maximum atomic E-state index is 3.79. The van der Waals surface area contributed by atoms with Gasteiger partial charge in [-0.2, -0.15) is 0 Å². The Morgan fingerprint density at radius 2 is 1.81 bits per heavy atom. The van der Waals surface area contributed by atoms with Crippen molar-refractivity contribution >= 4 is 15.9 Å². The Labute approximate surface area is 107 Å². The molecule has 2 rings (SSSR count). The predicted molar refractivity (Wildman–Crippen MR) is 72.5 cm³/mol. The van der Waals surface area contributed by atoms with E-state index in [2.05, 4.69) is 66.3 Å². The highest BCUT2D eigenvalue weighted by molar-refractivity contribution is 9.10. The maximum absolute atomic E-state index is 3.79. The topological polar surface area (TPSA) is 12.0 Å². The molecule has 0 aliphatic heterocycles. The second-order valence-electron chi connectivity index (χ2n) is 5.24. The molecule has 2 heteroatoms. The van der Waals surface area contributed by atoms with E-state index < -0.39 is 0 Å². The minimum Gasteiger partial charge on any atom is -0.305 e. The van der Waals surface area contributed by atoms with Crippen molar-refractivity contribution in [2.75, 3.05) is 0 Å². The summed E-state index contributed by atoms with van der Waals surface area (Å²) >= 11 is 3.66. The fraction of sp³-hybridized carbons (Fsp3) is 0.571. The van der Waals surface area contributed by atoms with Crippen molar-refractivity contribution in [2.45, 2.75) is 45.2 Å². The van der Waals surface area contributed by atoms with E-state index in [0.717, 1.165) is 0 Å². The summed E-state index contributed by atoms with van der Waals surface area (Å²) < 4.78 is 1.23. The lowest BCUT2D eigenvalue weighted by Gasteiger charge is -2.26. The van der Waals surface area contributed by atoms with Gasteiger partial charge in [-0.15, -0.1) is 0 Å². The molecule has 1 saturated carbocycles. The van der Waals surface area contributed by atoms with E-state index in [4.69, 9.17) is 0 Å². The number of hydrogen-bond acceptors (Lipinski definition) is 1. The summed E-state index contributed by atoms with van der Waals surface area (Å²) in [6.07, 6.45) is 2.51. The molecule has 1 unspecified atom stereocenters. The zero-order valence-corrected chi connectivity index (χ0v) is 11.8. The van der Waals surface area contributed by atoms with Crippen LogP contribution in [0.25, 0.3) is 0 Å². The number of halogens is 1. The van der Waals surface area contributed by atoms with Crippen LogP contribution in [-0.2, 0) is 5.54 Å². The first-order chi connectivity index (χ1) is 7.55. The molecule has 1 aliphatic carbocycles. The van der Waals surface area contributed by atoms with Crippen molar-refractivity contribution < 1.29 is 0 Å². The highest BCUT2D eigenvalue weighted by atomic mass is 79.9. The largest absolute Gasteiger partial charge is 0.305 e. The molecule has 0 bridgehead atoms. The summed E-state index contributed by atoms with van der Waals surface area (Å²) in [7, 11) is 0. The van der Waals surface area contributed by atoms with Gasteiger partial charge in [-0.25, -0.2) is 0 Å². The fourth-order valence-electron chi connectivity index (χ4n) is 2.07. The van der Waals surface area contributed by atoms with Crippen LogP contribution in [0.2, 0.25) is 0 Å². The lowest BCUT2D eigenvalue weighted by atomic mass is 10.00. The van der Waals surface area contributed by atoms with Crippen molar-refractivity contribution in [3.8, 4) is 0 Å². The highest BCUT2D eigenvalue weighted by Gasteiger charge is 2.46. The summed E-state index contributed by atoms with van der Waals surface area (Å²) in [6.45, 7) is 6.82. The minimum absolute atomic E-state index is 0.240. The van der Waals surface area contributed by atoms with Crippen LogP contribution in [0.5, 0.6) is 0 Å². The Morgan fingerprint density at radius 3 is 2.31 bits per heavy atom. The Balaban J connectivity index is 2.17. The van der Waals surface area contributed by atoms with Crippen LogP contribution in [0.1, 0.15) is 39.2 Å². The molecule has 0 radical (unpaired) electrons. The summed E-state index contributed by atoms with van der Waals surface area (Å²) in [5, 5.41) is 3.79. The van der Waals surface area contributed by atoms with Crippen molar-refractivity contribution in [3.05, 3.63) is 34.3 Å². The van der Waals surface area contributed by atoms with E-state index in [1.54, 1.807) is 0 Å². The quantitative estimate of drug-likeness (QED) is 0.877. The molecule has 0 spiro atoms. The normalized spacial score (nSPS) is 19.8. The first-order valence-electron chi connectivity index (χ1n) is 6.08. The van der Waals surface area contributed by atoms with Crippen molar-refractivity contribution in [3.63, 3.8) is 0 Å². The number of nitrogens with one attached hydrogen (secondary N) is 1. The number of benzene rings is 1. The van der Waals surface area contributed by atoms with Gasteiger partial charge in [0.1, 0.15) is 0 Å². The number of rotatable bonds is 4. The van der Waals surface area contributed by atoms with Gasteiger partial charge < -0.3 is 5.32 Å². The van der Waals surface area contributed by atoms with Gasteiger partial charge in [-0.3, -0.25) is 0 Å². The molecule has 0 saturated heterocycles. The summed E-state index contributed by atoms with van der Waals surface area (Å²) in [5.41, 5.74) is 1.66. The molecule has 0 amide bonds. The van der Waals surface area contributed by atoms with Gasteiger partial charge in [0.25, 0.3) is 0 Å². The Bertz CT molecular complexity index is 369. The highest BCUT2D eigenvalue weighted by Crippen LogP contribution is 2.48. The molecule has 1 atom stereocenters. The monoisotopic (exact) mass is 281 g/mol. The van der Waals surface area contributed by atoms with Crippen LogP contribution in [0.3, 0.4) is 0 Å². The molecule has 1 nitrogen and oxygen atoms in total. The van der Waals surface area contributed by atoms with Gasteiger partial charge in [0, 0.05) is 16.1 Å². The minimum atomic E-state index is 0.240. The van der Waals surface area contributed by atoms with E-state index in [1.165, 1.54) is 22.9 Å². The maximum Gasteiger partial charge on any atom is 0.0449 e. The zero-order chi connectivity index (χ0) is 11.8. The molecule has 1 aromatic carbocycles. The average molecular weight is 282 g/mol. The molecule has 0 heterocycles. The third-order valence-corrected chi connectivity index (χ3v) is 4.33. The molecular formula is C14H20BrN. The van der Waals surface area contributed by atoms with Gasteiger partial charge in [0.15, 0.2) is 0 Å². The van der Waals surface area contributed by atoms with E-state index in [0.29, 0.717) is 12.0 Å². The fourth-order valence-corrected chi connectivity index (χ4v) is 2.73. The third-order valence-electron chi connectivity index (χ3n) is 3.64. The van der Waals surface area contributed by atoms with Gasteiger partial charge in [-0.05, 0) is 37.3 Å². The third kappa shape index (κ3) is 2.33. The summed E-state index contributed by atoms with van der Waals surface area (Å²) in [4.78, 5) is 0. The Kier molecular flexibility index (Phi) is 3.41. The SMILES string of the molecule is CC(C)C(C)NC1(c2ccccc2Br)CC1. The van der Waals surface area contributed by atoms with Crippen molar-refractivity contribution in [1.29, 1.82) is 0 Å². The molecule has 1 aliphatic rings. The van der Waals surface area contributed by atoms with Gasteiger partial charge >= 0.3 is 0 Å². The van der Waals surface area contributed by atoms with Crippen LogP contribution in [0.15, 0.2) is 28.7 Å². The zero-order valence-electron chi connectivity index (χ0n) is 10.3. The van der Waals surface area contributed by atoms with Crippen molar-refractivity contribution in [2.24, 2.45) is 5.92 Å². The lowest BCUT2D eigenvalue weighted by Crippen LogP contribution is -2.39. The Morgan fingerprint density at radius 1 is 1.19 bits per heavy atom. The first-order valence-corrected chi connectivity index (χ1v) is 6.87. The van der Waals surface area contributed by atoms with Crippen LogP contribution in [0, 0.1) is 5.92 Å². The molecular weight excluding hydrogens is 262 g/mol. The van der Waals surface area contributed by atoms with Gasteiger partial charge in [-0.1, -0.05) is 48.0 Å². The predicted octanol–water partition coefficient (Wildman–Crippen LogP) is 4.07. The number of hydrogen-bond donors (Lipinski definition) is 1. The Hall–Kier alpha value is -0.340. The first kappa shape index (κ1) is 12.1. The van der Waals surface area contributed by atoms with E-state index in [1.807, 2.05) is 0 Å². The van der Waals surface area contributed by atoms with Crippen LogP contribution in [0.4, 0.5) is 0 Å². The van der Waals surface area contributed by atoms with Crippen LogP contribution >= 0.6 is 15.9 Å². The van der Waals surface area contributed by atoms with E-state index in [-0.39, 0.29) is 5.54 Å². The average Bonchev–Trinajstić information content (AvgIpc) is 2.99. The molecule has 0 aromatic heterocycles. The van der Waals surface area contributed by atoms with E-state index >= 15 is 0 Å². The second kappa shape index (κ2) is 4.50. The molecule has 1 aromatic rings. The van der Waals surface area contributed by atoms with Crippen LogP contribution < -0.4 is 5.32 Å². The molecule has 1 N–H and O–H groups in total.